The van der Waals surface area contributed by atoms with Crippen LogP contribution in [0.4, 0.5) is 0 Å². The van der Waals surface area contributed by atoms with Gasteiger partial charge in [-0.15, -0.1) is 0 Å². The van der Waals surface area contributed by atoms with Gasteiger partial charge in [-0.1, -0.05) is 24.3 Å². The van der Waals surface area contributed by atoms with E-state index in [1.54, 1.807) is 12.1 Å². The molecule has 0 N–H and O–H groups in total. The highest BCUT2D eigenvalue weighted by Crippen LogP contribution is 2.42. The van der Waals surface area contributed by atoms with Crippen LogP contribution in [0.25, 0.3) is 0 Å². The molecular weight excluding hydrogens is 288 g/mol. The number of fused-ring (bicyclic) bond motifs is 3. The van der Waals surface area contributed by atoms with Gasteiger partial charge >= 0.3 is 0 Å². The molecule has 0 aromatic heterocycles. The number of carbonyl (C=O) groups is 1. The molecule has 0 spiro atoms. The third-order valence-corrected chi connectivity index (χ3v) is 4.12. The molecule has 5 atom stereocenters. The van der Waals surface area contributed by atoms with Crippen LogP contribution in [0, 0.1) is 0 Å². The summed E-state index contributed by atoms with van der Waals surface area (Å²) in [4.78, 5) is 10.7. The van der Waals surface area contributed by atoms with Crippen molar-refractivity contribution in [3.05, 3.63) is 35.4 Å². The third-order valence-electron chi connectivity index (χ3n) is 4.12. The number of hydrogen-bond donors (Lipinski definition) is 0. The normalized spacial score (nSPS) is 39.3. The monoisotopic (exact) mass is 306 g/mol. The van der Waals surface area contributed by atoms with Gasteiger partial charge in [-0.25, -0.2) is 0 Å². The lowest BCUT2D eigenvalue weighted by Gasteiger charge is -2.34. The molecule has 0 radical (unpaired) electrons. The van der Waals surface area contributed by atoms with Crippen molar-refractivity contribution in [1.82, 2.24) is 0 Å². The van der Waals surface area contributed by atoms with Gasteiger partial charge in [0, 0.05) is 11.1 Å². The van der Waals surface area contributed by atoms with Crippen molar-refractivity contribution in [3.8, 4) is 0 Å². The first-order valence-electron chi connectivity index (χ1n) is 7.39. The Hall–Kier alpha value is -1.31. The Labute approximate surface area is 128 Å². The minimum absolute atomic E-state index is 0.184. The van der Waals surface area contributed by atoms with E-state index in [1.807, 2.05) is 26.0 Å². The van der Waals surface area contributed by atoms with Crippen LogP contribution in [0.15, 0.2) is 24.3 Å². The fourth-order valence-electron chi connectivity index (χ4n) is 3.12. The average Bonchev–Trinajstić information content (AvgIpc) is 2.98. The summed E-state index contributed by atoms with van der Waals surface area (Å²) in [6.07, 6.45) is -0.751. The molecule has 0 amide bonds. The van der Waals surface area contributed by atoms with E-state index in [9.17, 15) is 4.79 Å². The Balaban J connectivity index is 1.51. The number of benzene rings is 1. The highest BCUT2D eigenvalue weighted by atomic mass is 16.9. The molecule has 0 bridgehead atoms. The van der Waals surface area contributed by atoms with Crippen LogP contribution in [0.5, 0.6) is 0 Å². The van der Waals surface area contributed by atoms with Gasteiger partial charge in [-0.2, -0.15) is 0 Å². The van der Waals surface area contributed by atoms with E-state index in [0.29, 0.717) is 12.2 Å². The molecule has 6 heteroatoms. The van der Waals surface area contributed by atoms with E-state index in [4.69, 9.17) is 23.7 Å². The Bertz CT molecular complexity index is 569. The quantitative estimate of drug-likeness (QED) is 0.776. The van der Waals surface area contributed by atoms with E-state index in [0.717, 1.165) is 11.8 Å². The zero-order chi connectivity index (χ0) is 15.3. The van der Waals surface area contributed by atoms with Crippen molar-refractivity contribution in [2.45, 2.75) is 50.5 Å². The lowest BCUT2D eigenvalue weighted by Crippen LogP contribution is -2.44. The van der Waals surface area contributed by atoms with Crippen LogP contribution in [0.1, 0.15) is 36.1 Å². The molecule has 3 saturated heterocycles. The first-order valence-corrected chi connectivity index (χ1v) is 7.39. The first-order chi connectivity index (χ1) is 10.6. The van der Waals surface area contributed by atoms with Crippen LogP contribution in [-0.4, -0.2) is 43.3 Å². The third kappa shape index (κ3) is 2.37. The Morgan fingerprint density at radius 3 is 2.59 bits per heavy atom. The molecule has 22 heavy (non-hydrogen) atoms. The van der Waals surface area contributed by atoms with Crippen LogP contribution in [0.2, 0.25) is 0 Å². The molecule has 3 heterocycles. The number of aldehydes is 1. The number of rotatable bonds is 2. The van der Waals surface area contributed by atoms with Crippen molar-refractivity contribution in [2.75, 3.05) is 6.61 Å². The second-order valence-electron chi connectivity index (χ2n) is 6.19. The zero-order valence-electron chi connectivity index (χ0n) is 12.4. The molecule has 1 aromatic carbocycles. The zero-order valence-corrected chi connectivity index (χ0v) is 12.4. The van der Waals surface area contributed by atoms with Crippen molar-refractivity contribution < 1.29 is 28.5 Å². The largest absolute Gasteiger partial charge is 0.346 e. The minimum Gasteiger partial charge on any atom is -0.346 e. The summed E-state index contributed by atoms with van der Waals surface area (Å²) in [5, 5.41) is 0. The summed E-state index contributed by atoms with van der Waals surface area (Å²) < 4.78 is 29.2. The summed E-state index contributed by atoms with van der Waals surface area (Å²) >= 11 is 0. The Kier molecular flexibility index (Phi) is 3.32. The lowest BCUT2D eigenvalue weighted by molar-refractivity contribution is -0.285. The summed E-state index contributed by atoms with van der Waals surface area (Å²) in [7, 11) is 0. The highest BCUT2D eigenvalue weighted by Gasteiger charge is 2.57. The van der Waals surface area contributed by atoms with Crippen molar-refractivity contribution in [1.29, 1.82) is 0 Å². The van der Waals surface area contributed by atoms with Gasteiger partial charge in [0.25, 0.3) is 0 Å². The van der Waals surface area contributed by atoms with Gasteiger partial charge in [0.2, 0.25) is 0 Å². The second kappa shape index (κ2) is 5.11. The smallest absolute Gasteiger partial charge is 0.190 e. The van der Waals surface area contributed by atoms with Crippen molar-refractivity contribution in [3.63, 3.8) is 0 Å². The van der Waals surface area contributed by atoms with Crippen LogP contribution in [0.3, 0.4) is 0 Å². The lowest BCUT2D eigenvalue weighted by atomic mass is 10.1. The maximum absolute atomic E-state index is 10.7. The molecule has 0 saturated carbocycles. The predicted octanol–water partition coefficient (Wildman–Crippen LogP) is 1.79. The van der Waals surface area contributed by atoms with Gasteiger partial charge in [-0.3, -0.25) is 4.79 Å². The SMILES string of the molecule is CC1(C)O[C@H]2O[C@@H]3COC(c4ccc(C=O)cc4)O[C@@H]3[C@H]2O1. The van der Waals surface area contributed by atoms with E-state index in [-0.39, 0.29) is 18.3 Å². The maximum Gasteiger partial charge on any atom is 0.190 e. The average molecular weight is 306 g/mol. The maximum atomic E-state index is 10.7. The molecule has 1 unspecified atom stereocenters. The van der Waals surface area contributed by atoms with E-state index >= 15 is 0 Å². The molecule has 0 aliphatic carbocycles. The molecule has 3 aliphatic heterocycles. The van der Waals surface area contributed by atoms with Crippen LogP contribution in [-0.2, 0) is 23.7 Å². The van der Waals surface area contributed by atoms with Crippen LogP contribution >= 0.6 is 0 Å². The Morgan fingerprint density at radius 2 is 1.86 bits per heavy atom. The summed E-state index contributed by atoms with van der Waals surface area (Å²) in [5.74, 6) is -0.664. The highest BCUT2D eigenvalue weighted by molar-refractivity contribution is 5.74. The summed E-state index contributed by atoms with van der Waals surface area (Å²) in [6, 6.07) is 7.15. The minimum atomic E-state index is -0.664. The standard InChI is InChI=1S/C16H18O6/c1-16(2)21-13-12-11(19-15(13)22-16)8-18-14(20-12)10-5-3-9(7-17)4-6-10/h3-7,11-15H,8H2,1-2H3/t11-,12+,13-,14?,15-/m1/s1. The van der Waals surface area contributed by atoms with Gasteiger partial charge in [-0.05, 0) is 13.8 Å². The second-order valence-corrected chi connectivity index (χ2v) is 6.19. The summed E-state index contributed by atoms with van der Waals surface area (Å²) in [5.41, 5.74) is 1.49. The van der Waals surface area contributed by atoms with Crippen molar-refractivity contribution in [2.24, 2.45) is 0 Å². The number of hydrogen-bond acceptors (Lipinski definition) is 6. The topological polar surface area (TPSA) is 63.2 Å². The van der Waals surface area contributed by atoms with E-state index in [1.165, 1.54) is 0 Å². The molecule has 6 nitrogen and oxygen atoms in total. The molecule has 3 aliphatic rings. The molecule has 4 rings (SSSR count). The summed E-state index contributed by atoms with van der Waals surface area (Å²) in [6.45, 7) is 4.14. The first kappa shape index (κ1) is 14.3. The number of ether oxygens (including phenoxy) is 5. The number of carbonyl (C=O) groups excluding carboxylic acids is 1. The van der Waals surface area contributed by atoms with Crippen LogP contribution < -0.4 is 0 Å². The van der Waals surface area contributed by atoms with E-state index < -0.39 is 18.4 Å². The van der Waals surface area contributed by atoms with Gasteiger partial charge in [0.05, 0.1) is 6.61 Å². The Morgan fingerprint density at radius 1 is 1.09 bits per heavy atom. The van der Waals surface area contributed by atoms with E-state index in [2.05, 4.69) is 0 Å². The fraction of sp³-hybridized carbons (Fsp3) is 0.562. The molecule has 118 valence electrons. The molecule has 1 aromatic rings. The van der Waals surface area contributed by atoms with Gasteiger partial charge < -0.3 is 23.7 Å². The van der Waals surface area contributed by atoms with Crippen molar-refractivity contribution >= 4 is 6.29 Å². The van der Waals surface area contributed by atoms with Gasteiger partial charge in [0.15, 0.2) is 18.4 Å². The fourth-order valence-corrected chi connectivity index (χ4v) is 3.12. The molecular formula is C16H18O6. The molecule has 3 fully saturated rings. The predicted molar refractivity (Wildman–Crippen MR) is 74.1 cm³/mol. The van der Waals surface area contributed by atoms with Gasteiger partial charge in [0.1, 0.15) is 24.6 Å².